The maximum atomic E-state index is 13.6. The number of amides is 3. The lowest BCUT2D eigenvalue weighted by Crippen LogP contribution is -2.69. The molecule has 1 atom stereocenters. The fourth-order valence-electron chi connectivity index (χ4n) is 4.14. The number of para-hydroxylation sites is 1. The van der Waals surface area contributed by atoms with E-state index >= 15 is 0 Å². The molecule has 7 heteroatoms. The highest BCUT2D eigenvalue weighted by atomic mass is 16.5. The van der Waals surface area contributed by atoms with Crippen LogP contribution < -0.4 is 10.2 Å². The highest BCUT2D eigenvalue weighted by molar-refractivity contribution is 6.18. The number of ether oxygens (including phenoxy) is 1. The maximum Gasteiger partial charge on any atom is 0.271 e. The van der Waals surface area contributed by atoms with Crippen LogP contribution in [-0.2, 0) is 14.3 Å². The molecular formula is C22H23N3O4. The van der Waals surface area contributed by atoms with Gasteiger partial charge >= 0.3 is 0 Å². The Bertz CT molecular complexity index is 972. The maximum absolute atomic E-state index is 13.6. The van der Waals surface area contributed by atoms with Gasteiger partial charge in [0.15, 0.2) is 0 Å². The van der Waals surface area contributed by atoms with Crippen LogP contribution in [0.4, 0.5) is 11.4 Å². The summed E-state index contributed by atoms with van der Waals surface area (Å²) < 4.78 is 5.18. The molecule has 2 aromatic rings. The van der Waals surface area contributed by atoms with Gasteiger partial charge in [0.2, 0.25) is 11.6 Å². The Balaban J connectivity index is 1.81. The van der Waals surface area contributed by atoms with Crippen LogP contribution in [0.3, 0.4) is 0 Å². The van der Waals surface area contributed by atoms with Gasteiger partial charge in [0.25, 0.3) is 11.8 Å². The molecule has 0 aliphatic carbocycles. The quantitative estimate of drug-likeness (QED) is 0.847. The molecule has 0 bridgehead atoms. The number of aryl methyl sites for hydroxylation is 1. The summed E-state index contributed by atoms with van der Waals surface area (Å²) in [5.74, 6) is -0.847. The zero-order chi connectivity index (χ0) is 20.6. The molecule has 1 fully saturated rings. The number of anilines is 2. The van der Waals surface area contributed by atoms with E-state index in [9.17, 15) is 14.4 Å². The van der Waals surface area contributed by atoms with Crippen molar-refractivity contribution in [1.82, 2.24) is 4.90 Å². The second kappa shape index (κ2) is 7.33. The third kappa shape index (κ3) is 2.98. The van der Waals surface area contributed by atoms with Crippen molar-refractivity contribution in [2.75, 3.05) is 30.5 Å². The molecule has 3 amide bonds. The number of benzene rings is 2. The molecule has 0 spiro atoms. The number of carbonyl (C=O) groups is 3. The number of rotatable bonds is 5. The van der Waals surface area contributed by atoms with Crippen molar-refractivity contribution < 1.29 is 19.1 Å². The molecular weight excluding hydrogens is 370 g/mol. The van der Waals surface area contributed by atoms with Gasteiger partial charge in [-0.3, -0.25) is 19.3 Å². The zero-order valence-electron chi connectivity index (χ0n) is 16.5. The van der Waals surface area contributed by atoms with E-state index in [4.69, 9.17) is 4.74 Å². The summed E-state index contributed by atoms with van der Waals surface area (Å²) in [7, 11) is 1.54. The molecule has 0 saturated carbocycles. The standard InChI is InChI=1S/C22H23N3O4/c1-15-7-9-16(10-8-15)23-21(28)22-12-11-19(26)25(22)18-6-4-3-5-17(18)20(27)24(22)13-14-29-2/h3-10H,11-14H2,1-2H3,(H,23,28). The van der Waals surface area contributed by atoms with Crippen molar-refractivity contribution in [2.45, 2.75) is 25.4 Å². The van der Waals surface area contributed by atoms with Gasteiger partial charge in [-0.1, -0.05) is 29.8 Å². The van der Waals surface area contributed by atoms with Crippen LogP contribution in [0.15, 0.2) is 48.5 Å². The predicted molar refractivity (Wildman–Crippen MR) is 109 cm³/mol. The van der Waals surface area contributed by atoms with Gasteiger partial charge in [-0.2, -0.15) is 0 Å². The molecule has 0 aromatic heterocycles. The number of hydrogen-bond acceptors (Lipinski definition) is 4. The Morgan fingerprint density at radius 3 is 2.59 bits per heavy atom. The van der Waals surface area contributed by atoms with Crippen molar-refractivity contribution in [3.8, 4) is 0 Å². The molecule has 0 radical (unpaired) electrons. The predicted octanol–water partition coefficient (Wildman–Crippen LogP) is 2.56. The highest BCUT2D eigenvalue weighted by Gasteiger charge is 2.60. The smallest absolute Gasteiger partial charge is 0.271 e. The summed E-state index contributed by atoms with van der Waals surface area (Å²) in [4.78, 5) is 42.8. The lowest BCUT2D eigenvalue weighted by Gasteiger charge is -2.49. The van der Waals surface area contributed by atoms with Crippen LogP contribution in [0.1, 0.15) is 28.8 Å². The Kier molecular flexibility index (Phi) is 4.84. The number of carbonyl (C=O) groups excluding carboxylic acids is 3. The van der Waals surface area contributed by atoms with E-state index in [1.165, 1.54) is 9.80 Å². The Morgan fingerprint density at radius 1 is 1.14 bits per heavy atom. The molecule has 29 heavy (non-hydrogen) atoms. The largest absolute Gasteiger partial charge is 0.383 e. The van der Waals surface area contributed by atoms with Crippen molar-refractivity contribution in [3.63, 3.8) is 0 Å². The first-order valence-electron chi connectivity index (χ1n) is 9.60. The van der Waals surface area contributed by atoms with Crippen molar-refractivity contribution in [1.29, 1.82) is 0 Å². The van der Waals surface area contributed by atoms with E-state index < -0.39 is 11.6 Å². The lowest BCUT2D eigenvalue weighted by atomic mass is 9.95. The summed E-state index contributed by atoms with van der Waals surface area (Å²) in [5, 5.41) is 2.91. The molecule has 1 N–H and O–H groups in total. The zero-order valence-corrected chi connectivity index (χ0v) is 16.5. The molecule has 150 valence electrons. The minimum atomic E-state index is -1.41. The molecule has 2 aromatic carbocycles. The van der Waals surface area contributed by atoms with Gasteiger partial charge in [-0.15, -0.1) is 0 Å². The van der Waals surface area contributed by atoms with Crippen LogP contribution in [0.5, 0.6) is 0 Å². The topological polar surface area (TPSA) is 79.0 Å². The fourth-order valence-corrected chi connectivity index (χ4v) is 4.14. The van der Waals surface area contributed by atoms with Crippen LogP contribution in [0.25, 0.3) is 0 Å². The second-order valence-corrected chi connectivity index (χ2v) is 7.33. The Morgan fingerprint density at radius 2 is 1.86 bits per heavy atom. The average Bonchev–Trinajstić information content (AvgIpc) is 3.08. The Hall–Kier alpha value is -3.19. The van der Waals surface area contributed by atoms with Gasteiger partial charge < -0.3 is 15.0 Å². The van der Waals surface area contributed by atoms with Gasteiger partial charge in [0.05, 0.1) is 17.9 Å². The molecule has 1 unspecified atom stereocenters. The minimum Gasteiger partial charge on any atom is -0.383 e. The monoisotopic (exact) mass is 393 g/mol. The first-order valence-corrected chi connectivity index (χ1v) is 9.60. The summed E-state index contributed by atoms with van der Waals surface area (Å²) in [6, 6.07) is 14.3. The van der Waals surface area contributed by atoms with E-state index in [0.29, 0.717) is 16.9 Å². The third-order valence-electron chi connectivity index (χ3n) is 5.57. The number of nitrogens with zero attached hydrogens (tertiary/aromatic N) is 2. The normalized spacial score (nSPS) is 20.5. The van der Waals surface area contributed by atoms with Crippen molar-refractivity contribution in [2.24, 2.45) is 0 Å². The average molecular weight is 393 g/mol. The number of fused-ring (bicyclic) bond motifs is 3. The van der Waals surface area contributed by atoms with E-state index in [-0.39, 0.29) is 37.8 Å². The first kappa shape index (κ1) is 19.1. The van der Waals surface area contributed by atoms with Gasteiger partial charge in [-0.25, -0.2) is 0 Å². The molecule has 2 heterocycles. The van der Waals surface area contributed by atoms with Gasteiger partial charge in [0.1, 0.15) is 0 Å². The van der Waals surface area contributed by atoms with E-state index in [1.807, 2.05) is 31.2 Å². The summed E-state index contributed by atoms with van der Waals surface area (Å²) in [6.45, 7) is 2.43. The van der Waals surface area contributed by atoms with Gasteiger partial charge in [0, 0.05) is 32.2 Å². The number of methoxy groups -OCH3 is 1. The van der Waals surface area contributed by atoms with Crippen molar-refractivity contribution >= 4 is 29.1 Å². The van der Waals surface area contributed by atoms with Crippen LogP contribution >= 0.6 is 0 Å². The van der Waals surface area contributed by atoms with Gasteiger partial charge in [-0.05, 0) is 31.2 Å². The molecule has 2 aliphatic heterocycles. The van der Waals surface area contributed by atoms with E-state index in [0.717, 1.165) is 5.56 Å². The summed E-state index contributed by atoms with van der Waals surface area (Å²) >= 11 is 0. The summed E-state index contributed by atoms with van der Waals surface area (Å²) in [6.07, 6.45) is 0.416. The van der Waals surface area contributed by atoms with Crippen LogP contribution in [0.2, 0.25) is 0 Å². The second-order valence-electron chi connectivity index (χ2n) is 7.33. The first-order chi connectivity index (χ1) is 14.0. The molecule has 1 saturated heterocycles. The SMILES string of the molecule is COCCN1C(=O)c2ccccc2N2C(=O)CCC12C(=O)Nc1ccc(C)cc1. The summed E-state index contributed by atoms with van der Waals surface area (Å²) in [5.41, 5.74) is 1.17. The molecule has 7 nitrogen and oxygen atoms in total. The molecule has 2 aliphatic rings. The van der Waals surface area contributed by atoms with Crippen LogP contribution in [0, 0.1) is 6.92 Å². The van der Waals surface area contributed by atoms with Crippen LogP contribution in [-0.4, -0.2) is 48.5 Å². The highest BCUT2D eigenvalue weighted by Crippen LogP contribution is 2.44. The van der Waals surface area contributed by atoms with E-state index in [1.54, 1.807) is 31.4 Å². The van der Waals surface area contributed by atoms with E-state index in [2.05, 4.69) is 5.32 Å². The van der Waals surface area contributed by atoms with Crippen molar-refractivity contribution in [3.05, 3.63) is 59.7 Å². The molecule has 4 rings (SSSR count). The minimum absolute atomic E-state index is 0.175. The third-order valence-corrected chi connectivity index (χ3v) is 5.57. The number of hydrogen-bond donors (Lipinski definition) is 1. The number of nitrogens with one attached hydrogen (secondary N) is 1. The Labute approximate surface area is 169 Å². The lowest BCUT2D eigenvalue weighted by molar-refractivity contribution is -0.129. The fraction of sp³-hybridized carbons (Fsp3) is 0.318.